The highest BCUT2D eigenvalue weighted by atomic mass is 32.1. The van der Waals surface area contributed by atoms with Crippen molar-refractivity contribution in [3.05, 3.63) is 77.9 Å². The van der Waals surface area contributed by atoms with Crippen molar-refractivity contribution in [2.75, 3.05) is 11.9 Å². The van der Waals surface area contributed by atoms with E-state index in [0.29, 0.717) is 18.1 Å². The summed E-state index contributed by atoms with van der Waals surface area (Å²) in [7, 11) is 0. The number of amides is 1. The van der Waals surface area contributed by atoms with Gasteiger partial charge in [0.25, 0.3) is 5.91 Å². The first-order chi connectivity index (χ1) is 14.5. The van der Waals surface area contributed by atoms with Gasteiger partial charge in [0.05, 0.1) is 16.8 Å². The fourth-order valence-electron chi connectivity index (χ4n) is 3.02. The van der Waals surface area contributed by atoms with Crippen molar-refractivity contribution in [1.29, 1.82) is 0 Å². The quantitative estimate of drug-likeness (QED) is 0.387. The molecule has 4 nitrogen and oxygen atoms in total. The number of rotatable bonds is 6. The Bertz CT molecular complexity index is 1160. The zero-order chi connectivity index (χ0) is 21.1. The van der Waals surface area contributed by atoms with E-state index in [0.717, 1.165) is 27.5 Å². The number of hydrogen-bond donors (Lipinski definition) is 1. The average Bonchev–Trinajstić information content (AvgIpc) is 3.16. The van der Waals surface area contributed by atoms with Crippen LogP contribution in [0.3, 0.4) is 0 Å². The van der Waals surface area contributed by atoms with Crippen molar-refractivity contribution in [1.82, 2.24) is 4.98 Å². The number of thiazole rings is 1. The molecule has 0 fully saturated rings. The predicted octanol–water partition coefficient (Wildman–Crippen LogP) is 6.56. The first-order valence-corrected chi connectivity index (χ1v) is 10.8. The summed E-state index contributed by atoms with van der Waals surface area (Å²) in [6.07, 6.45) is 0. The molecule has 5 heteroatoms. The maximum Gasteiger partial charge on any atom is 0.255 e. The highest BCUT2D eigenvalue weighted by Gasteiger charge is 2.09. The first-order valence-electron chi connectivity index (χ1n) is 10.00. The lowest BCUT2D eigenvalue weighted by atomic mass is 10.1. The molecule has 152 valence electrons. The Labute approximate surface area is 180 Å². The predicted molar refractivity (Wildman–Crippen MR) is 125 cm³/mol. The average molecular weight is 417 g/mol. The summed E-state index contributed by atoms with van der Waals surface area (Å²) in [5, 5.41) is 3.92. The Morgan fingerprint density at radius 3 is 2.47 bits per heavy atom. The van der Waals surface area contributed by atoms with Crippen LogP contribution in [0.25, 0.3) is 20.8 Å². The molecule has 0 radical (unpaired) electrons. The number of carbonyl (C=O) groups is 1. The van der Waals surface area contributed by atoms with Crippen molar-refractivity contribution in [3.8, 4) is 16.3 Å². The molecule has 4 rings (SSSR count). The van der Waals surface area contributed by atoms with Gasteiger partial charge < -0.3 is 10.1 Å². The third-order valence-corrected chi connectivity index (χ3v) is 5.70. The van der Waals surface area contributed by atoms with Crippen LogP contribution in [-0.4, -0.2) is 17.5 Å². The van der Waals surface area contributed by atoms with E-state index in [1.54, 1.807) is 23.5 Å². The summed E-state index contributed by atoms with van der Waals surface area (Å²) in [5.41, 5.74) is 4.63. The summed E-state index contributed by atoms with van der Waals surface area (Å²) < 4.78 is 6.85. The van der Waals surface area contributed by atoms with Gasteiger partial charge in [-0.1, -0.05) is 19.9 Å². The van der Waals surface area contributed by atoms with E-state index < -0.39 is 0 Å². The minimum atomic E-state index is -0.145. The van der Waals surface area contributed by atoms with Gasteiger partial charge >= 0.3 is 0 Å². The fraction of sp³-hybridized carbons (Fsp3) is 0.200. The maximum absolute atomic E-state index is 12.5. The van der Waals surface area contributed by atoms with Crippen LogP contribution in [0, 0.1) is 12.8 Å². The second-order valence-electron chi connectivity index (χ2n) is 7.75. The number of anilines is 1. The van der Waals surface area contributed by atoms with E-state index in [1.165, 1.54) is 10.3 Å². The molecule has 1 aromatic heterocycles. The van der Waals surface area contributed by atoms with Crippen LogP contribution in [0.15, 0.2) is 66.7 Å². The SMILES string of the molecule is Cc1ccc2nc(-c3ccc(NC(=O)c4ccc(OCC(C)C)cc4)cc3)sc2c1. The standard InChI is InChI=1S/C25H24N2O2S/c1-16(2)15-29-21-11-7-18(8-12-21)24(28)26-20-9-5-19(6-10-20)25-27-22-13-4-17(3)14-23(22)30-25/h4-14,16H,15H2,1-3H3,(H,26,28). The summed E-state index contributed by atoms with van der Waals surface area (Å²) in [5.74, 6) is 1.09. The van der Waals surface area contributed by atoms with Crippen molar-refractivity contribution in [2.24, 2.45) is 5.92 Å². The van der Waals surface area contributed by atoms with Crippen LogP contribution in [0.4, 0.5) is 5.69 Å². The molecule has 0 atom stereocenters. The van der Waals surface area contributed by atoms with Crippen molar-refractivity contribution < 1.29 is 9.53 Å². The molecular weight excluding hydrogens is 392 g/mol. The number of hydrogen-bond acceptors (Lipinski definition) is 4. The van der Waals surface area contributed by atoms with Crippen LogP contribution in [0.2, 0.25) is 0 Å². The number of carbonyl (C=O) groups excluding carboxylic acids is 1. The normalized spacial score (nSPS) is 11.1. The summed E-state index contributed by atoms with van der Waals surface area (Å²) >= 11 is 1.68. The monoisotopic (exact) mass is 416 g/mol. The number of aryl methyl sites for hydroxylation is 1. The topological polar surface area (TPSA) is 51.2 Å². The zero-order valence-electron chi connectivity index (χ0n) is 17.3. The van der Waals surface area contributed by atoms with Gasteiger partial charge in [-0.3, -0.25) is 4.79 Å². The van der Waals surface area contributed by atoms with E-state index in [2.05, 4.69) is 44.3 Å². The molecule has 0 aliphatic carbocycles. The molecule has 0 unspecified atom stereocenters. The lowest BCUT2D eigenvalue weighted by molar-refractivity contribution is 0.102. The van der Waals surface area contributed by atoms with E-state index >= 15 is 0 Å². The number of nitrogens with zero attached hydrogens (tertiary/aromatic N) is 1. The molecule has 1 N–H and O–H groups in total. The summed E-state index contributed by atoms with van der Waals surface area (Å²) in [4.78, 5) is 17.2. The van der Waals surface area contributed by atoms with E-state index in [4.69, 9.17) is 9.72 Å². The highest BCUT2D eigenvalue weighted by molar-refractivity contribution is 7.21. The van der Waals surface area contributed by atoms with E-state index in [-0.39, 0.29) is 5.91 Å². The summed E-state index contributed by atoms with van der Waals surface area (Å²) in [6.45, 7) is 6.95. The summed E-state index contributed by atoms with van der Waals surface area (Å²) in [6, 6.07) is 21.3. The first kappa shape index (κ1) is 20.1. The molecule has 0 saturated heterocycles. The van der Waals surface area contributed by atoms with Crippen LogP contribution < -0.4 is 10.1 Å². The van der Waals surface area contributed by atoms with Gasteiger partial charge in [0.1, 0.15) is 10.8 Å². The Morgan fingerprint density at radius 1 is 1.03 bits per heavy atom. The third-order valence-electron chi connectivity index (χ3n) is 4.63. The molecule has 0 saturated carbocycles. The molecular formula is C25H24N2O2S. The van der Waals surface area contributed by atoms with Crippen LogP contribution >= 0.6 is 11.3 Å². The van der Waals surface area contributed by atoms with Crippen molar-refractivity contribution in [2.45, 2.75) is 20.8 Å². The number of fused-ring (bicyclic) bond motifs is 1. The van der Waals surface area contributed by atoms with Gasteiger partial charge in [-0.25, -0.2) is 4.98 Å². The van der Waals surface area contributed by atoms with Gasteiger partial charge in [-0.15, -0.1) is 11.3 Å². The van der Waals surface area contributed by atoms with Crippen LogP contribution in [0.1, 0.15) is 29.8 Å². The maximum atomic E-state index is 12.5. The van der Waals surface area contributed by atoms with Crippen molar-refractivity contribution in [3.63, 3.8) is 0 Å². The Kier molecular flexibility index (Phi) is 5.81. The molecule has 4 aromatic rings. The number of nitrogens with one attached hydrogen (secondary N) is 1. The smallest absolute Gasteiger partial charge is 0.255 e. The van der Waals surface area contributed by atoms with Crippen LogP contribution in [0.5, 0.6) is 5.75 Å². The highest BCUT2D eigenvalue weighted by Crippen LogP contribution is 2.31. The van der Waals surface area contributed by atoms with E-state index in [9.17, 15) is 4.79 Å². The molecule has 3 aromatic carbocycles. The molecule has 1 amide bonds. The number of aromatic nitrogens is 1. The van der Waals surface area contributed by atoms with Gasteiger partial charge in [0.15, 0.2) is 0 Å². The minimum Gasteiger partial charge on any atom is -0.493 e. The second kappa shape index (κ2) is 8.67. The van der Waals surface area contributed by atoms with Gasteiger partial charge in [-0.2, -0.15) is 0 Å². The van der Waals surface area contributed by atoms with Crippen molar-refractivity contribution >= 4 is 33.1 Å². The Hall–Kier alpha value is -3.18. The molecule has 0 aliphatic heterocycles. The molecule has 0 aliphatic rings. The van der Waals surface area contributed by atoms with E-state index in [1.807, 2.05) is 36.4 Å². The van der Waals surface area contributed by atoms with Gasteiger partial charge in [0.2, 0.25) is 0 Å². The van der Waals surface area contributed by atoms with Gasteiger partial charge in [-0.05, 0) is 79.1 Å². The lowest BCUT2D eigenvalue weighted by Gasteiger charge is -2.09. The Balaban J connectivity index is 1.43. The zero-order valence-corrected chi connectivity index (χ0v) is 18.1. The number of ether oxygens (including phenoxy) is 1. The molecule has 0 spiro atoms. The lowest BCUT2D eigenvalue weighted by Crippen LogP contribution is -2.11. The fourth-order valence-corrected chi connectivity index (χ4v) is 4.09. The minimum absolute atomic E-state index is 0.145. The molecule has 30 heavy (non-hydrogen) atoms. The molecule has 0 bridgehead atoms. The van der Waals surface area contributed by atoms with Gasteiger partial charge in [0, 0.05) is 16.8 Å². The third kappa shape index (κ3) is 4.69. The molecule has 1 heterocycles. The second-order valence-corrected chi connectivity index (χ2v) is 8.78. The largest absolute Gasteiger partial charge is 0.493 e. The van der Waals surface area contributed by atoms with Crippen LogP contribution in [-0.2, 0) is 0 Å². The number of benzene rings is 3. The Morgan fingerprint density at radius 2 is 1.77 bits per heavy atom.